The van der Waals surface area contributed by atoms with Crippen molar-refractivity contribution in [1.82, 2.24) is 0 Å². The van der Waals surface area contributed by atoms with Crippen molar-refractivity contribution in [2.45, 2.75) is 219 Å². The number of aliphatic hydroxyl groups excluding tert-OH is 2. The highest BCUT2D eigenvalue weighted by Crippen LogP contribution is 2.43. The molecule has 0 aromatic carbocycles. The van der Waals surface area contributed by atoms with Crippen LogP contribution in [0, 0.1) is 0 Å². The summed E-state index contributed by atoms with van der Waals surface area (Å²) in [6.07, 6.45) is 63.7. The van der Waals surface area contributed by atoms with Crippen LogP contribution in [0.1, 0.15) is 206 Å². The summed E-state index contributed by atoms with van der Waals surface area (Å²) in [5, 5.41) is 18.4. The Bertz CT molecular complexity index is 1430. The van der Waals surface area contributed by atoms with Crippen molar-refractivity contribution >= 4 is 19.8 Å². The standard InChI is InChI=1S/C56H95O10P/c1-3-5-7-9-11-13-15-17-19-21-23-25-26-28-30-32-34-36-38-40-42-44-46-48-56(60)66-54(52-65-67(61,62)64-50-53(58)49-57)51-63-55(59)47-45-43-41-39-37-35-33-31-29-27-24-22-20-18-16-14-12-10-8-6-4-2/h5-8,11-14,17-20,23-25,27,53-54,57-58H,3-4,9-10,15-16,21-22,26,28-52H2,1-2H3,(H,61,62)/b7-5-,8-6-,13-11-,14-12-,19-17-,20-18-,25-23-,27-24-. The average molecular weight is 959 g/mol. The van der Waals surface area contributed by atoms with Gasteiger partial charge in [0, 0.05) is 12.8 Å². The summed E-state index contributed by atoms with van der Waals surface area (Å²) in [6.45, 7) is 2.15. The van der Waals surface area contributed by atoms with Crippen LogP contribution in [0.15, 0.2) is 97.2 Å². The Labute approximate surface area is 408 Å². The van der Waals surface area contributed by atoms with Crippen LogP contribution in [-0.4, -0.2) is 65.7 Å². The van der Waals surface area contributed by atoms with Crippen molar-refractivity contribution in [2.24, 2.45) is 0 Å². The third kappa shape index (κ3) is 50.6. The fourth-order valence-corrected chi connectivity index (χ4v) is 7.59. The maximum absolute atomic E-state index is 12.7. The minimum atomic E-state index is -4.63. The number of phosphoric ester groups is 1. The fraction of sp³-hybridized carbons (Fsp3) is 0.679. The molecule has 0 heterocycles. The third-order valence-corrected chi connectivity index (χ3v) is 11.7. The number of hydrogen-bond donors (Lipinski definition) is 3. The Morgan fingerprint density at radius 1 is 0.448 bits per heavy atom. The predicted molar refractivity (Wildman–Crippen MR) is 279 cm³/mol. The minimum Gasteiger partial charge on any atom is -0.462 e. The molecule has 0 radical (unpaired) electrons. The lowest BCUT2D eigenvalue weighted by Gasteiger charge is -2.20. The Morgan fingerprint density at radius 3 is 1.16 bits per heavy atom. The molecule has 0 aliphatic carbocycles. The fourth-order valence-electron chi connectivity index (χ4n) is 6.80. The first-order valence-corrected chi connectivity index (χ1v) is 27.7. The SMILES string of the molecule is CC/C=C\C/C=C\C/C=C\C/C=C\CCCCCCCCCCCCC(=O)OC(COC(=O)CCCCCCCCCC/C=C\C/C=C\C/C=C\C/C=C\CC)COP(=O)(O)OCC(O)CO. The van der Waals surface area contributed by atoms with Gasteiger partial charge in [0.1, 0.15) is 12.7 Å². The molecule has 384 valence electrons. The number of ether oxygens (including phenoxy) is 2. The molecule has 0 fully saturated rings. The van der Waals surface area contributed by atoms with Gasteiger partial charge in [-0.3, -0.25) is 18.6 Å². The van der Waals surface area contributed by atoms with Crippen LogP contribution in [-0.2, 0) is 32.7 Å². The molecule has 0 amide bonds. The van der Waals surface area contributed by atoms with Crippen LogP contribution >= 0.6 is 7.82 Å². The van der Waals surface area contributed by atoms with Crippen molar-refractivity contribution in [3.05, 3.63) is 97.2 Å². The van der Waals surface area contributed by atoms with Crippen LogP contribution in [0.2, 0.25) is 0 Å². The number of allylic oxidation sites excluding steroid dienone is 16. The summed E-state index contributed by atoms with van der Waals surface area (Å²) >= 11 is 0. The average Bonchev–Trinajstić information content (AvgIpc) is 3.32. The number of phosphoric acid groups is 1. The van der Waals surface area contributed by atoms with E-state index in [4.69, 9.17) is 23.6 Å². The zero-order chi connectivity index (χ0) is 49.0. The number of aliphatic hydroxyl groups is 2. The van der Waals surface area contributed by atoms with Gasteiger partial charge in [-0.15, -0.1) is 0 Å². The van der Waals surface area contributed by atoms with Crippen molar-refractivity contribution in [3.8, 4) is 0 Å². The Morgan fingerprint density at radius 2 is 0.776 bits per heavy atom. The maximum Gasteiger partial charge on any atom is 0.472 e. The zero-order valence-electron chi connectivity index (χ0n) is 42.1. The van der Waals surface area contributed by atoms with Crippen molar-refractivity contribution in [1.29, 1.82) is 0 Å². The molecule has 3 unspecified atom stereocenters. The Hall–Kier alpha value is -3.11. The van der Waals surface area contributed by atoms with Crippen molar-refractivity contribution in [2.75, 3.05) is 26.4 Å². The van der Waals surface area contributed by atoms with Crippen molar-refractivity contribution in [3.63, 3.8) is 0 Å². The van der Waals surface area contributed by atoms with Gasteiger partial charge in [-0.25, -0.2) is 4.57 Å². The molecule has 0 aromatic heterocycles. The number of carbonyl (C=O) groups is 2. The monoisotopic (exact) mass is 959 g/mol. The van der Waals surface area contributed by atoms with E-state index in [0.29, 0.717) is 12.8 Å². The molecule has 0 saturated carbocycles. The highest BCUT2D eigenvalue weighted by atomic mass is 31.2. The van der Waals surface area contributed by atoms with E-state index in [1.165, 1.54) is 64.2 Å². The summed E-state index contributed by atoms with van der Waals surface area (Å²) in [6, 6.07) is 0. The van der Waals surface area contributed by atoms with Crippen LogP contribution in [0.5, 0.6) is 0 Å². The van der Waals surface area contributed by atoms with E-state index in [-0.39, 0.29) is 19.4 Å². The topological polar surface area (TPSA) is 149 Å². The molecule has 67 heavy (non-hydrogen) atoms. The van der Waals surface area contributed by atoms with Crippen LogP contribution in [0.3, 0.4) is 0 Å². The molecule has 0 aromatic rings. The zero-order valence-corrected chi connectivity index (χ0v) is 43.0. The van der Waals surface area contributed by atoms with Crippen LogP contribution < -0.4 is 0 Å². The molecule has 0 bridgehead atoms. The summed E-state index contributed by atoms with van der Waals surface area (Å²) in [7, 11) is -4.63. The Balaban J connectivity index is 4.20. The van der Waals surface area contributed by atoms with Crippen molar-refractivity contribution < 1.29 is 47.8 Å². The van der Waals surface area contributed by atoms with Gasteiger partial charge >= 0.3 is 19.8 Å². The lowest BCUT2D eigenvalue weighted by molar-refractivity contribution is -0.161. The first-order chi connectivity index (χ1) is 32.7. The number of carbonyl (C=O) groups excluding carboxylic acids is 2. The normalized spacial score (nSPS) is 14.4. The predicted octanol–water partition coefficient (Wildman–Crippen LogP) is 15.1. The lowest BCUT2D eigenvalue weighted by Crippen LogP contribution is -2.29. The third-order valence-electron chi connectivity index (χ3n) is 10.7. The number of unbranched alkanes of at least 4 members (excludes halogenated alkanes) is 18. The quantitative estimate of drug-likeness (QED) is 0.0233. The summed E-state index contributed by atoms with van der Waals surface area (Å²) < 4.78 is 32.9. The number of rotatable bonds is 48. The van der Waals surface area contributed by atoms with Gasteiger partial charge in [-0.1, -0.05) is 201 Å². The summed E-state index contributed by atoms with van der Waals surface area (Å²) in [4.78, 5) is 35.2. The number of esters is 2. The van der Waals surface area contributed by atoms with Gasteiger partial charge < -0.3 is 24.6 Å². The van der Waals surface area contributed by atoms with Gasteiger partial charge in [0.15, 0.2) is 6.10 Å². The van der Waals surface area contributed by atoms with Gasteiger partial charge in [0.2, 0.25) is 0 Å². The van der Waals surface area contributed by atoms with E-state index in [9.17, 15) is 24.2 Å². The van der Waals surface area contributed by atoms with E-state index in [1.54, 1.807) is 0 Å². The largest absolute Gasteiger partial charge is 0.472 e. The summed E-state index contributed by atoms with van der Waals surface area (Å²) in [5.41, 5.74) is 0. The van der Waals surface area contributed by atoms with Crippen LogP contribution in [0.4, 0.5) is 0 Å². The Kier molecular flexibility index (Phi) is 48.4. The molecule has 0 saturated heterocycles. The van der Waals surface area contributed by atoms with Gasteiger partial charge in [0.05, 0.1) is 19.8 Å². The molecule has 0 rings (SSSR count). The molecule has 0 aliphatic rings. The molecule has 11 heteroatoms. The second-order valence-corrected chi connectivity index (χ2v) is 18.6. The highest BCUT2D eigenvalue weighted by molar-refractivity contribution is 7.47. The first kappa shape index (κ1) is 63.9. The second-order valence-electron chi connectivity index (χ2n) is 17.1. The van der Waals surface area contributed by atoms with E-state index in [1.807, 2.05) is 0 Å². The highest BCUT2D eigenvalue weighted by Gasteiger charge is 2.27. The van der Waals surface area contributed by atoms with Gasteiger partial charge in [0.25, 0.3) is 0 Å². The second kappa shape index (κ2) is 50.8. The van der Waals surface area contributed by atoms with E-state index >= 15 is 0 Å². The lowest BCUT2D eigenvalue weighted by atomic mass is 10.0. The van der Waals surface area contributed by atoms with Gasteiger partial charge in [-0.2, -0.15) is 0 Å². The summed E-state index contributed by atoms with van der Waals surface area (Å²) in [5.74, 6) is -0.942. The maximum atomic E-state index is 12.7. The molecule has 0 aliphatic heterocycles. The molecule has 3 atom stereocenters. The first-order valence-electron chi connectivity index (χ1n) is 26.2. The molecule has 10 nitrogen and oxygen atoms in total. The smallest absolute Gasteiger partial charge is 0.462 e. The molecular weight excluding hydrogens is 864 g/mol. The van der Waals surface area contributed by atoms with E-state index in [2.05, 4.69) is 111 Å². The number of hydrogen-bond acceptors (Lipinski definition) is 9. The molecular formula is C56H95O10P. The minimum absolute atomic E-state index is 0.172. The van der Waals surface area contributed by atoms with E-state index in [0.717, 1.165) is 103 Å². The molecule has 0 spiro atoms. The van der Waals surface area contributed by atoms with Gasteiger partial charge in [-0.05, 0) is 89.9 Å². The van der Waals surface area contributed by atoms with E-state index < -0.39 is 51.8 Å². The van der Waals surface area contributed by atoms with Crippen LogP contribution in [0.25, 0.3) is 0 Å². The molecule has 3 N–H and O–H groups in total.